The van der Waals surface area contributed by atoms with E-state index in [-0.39, 0.29) is 4.90 Å². The van der Waals surface area contributed by atoms with Crippen LogP contribution in [0.1, 0.15) is 36.8 Å². The Kier molecular flexibility index (Phi) is 6.08. The second-order valence-corrected chi connectivity index (χ2v) is 10.8. The van der Waals surface area contributed by atoms with Crippen molar-refractivity contribution in [2.24, 2.45) is 0 Å². The molecule has 2 aliphatic rings. The average Bonchev–Trinajstić information content (AvgIpc) is 3.29. The second kappa shape index (κ2) is 8.63. The van der Waals surface area contributed by atoms with Gasteiger partial charge in [-0.3, -0.25) is 4.79 Å². The highest BCUT2D eigenvalue weighted by Gasteiger charge is 2.53. The van der Waals surface area contributed by atoms with E-state index in [0.29, 0.717) is 37.3 Å². The number of sulfone groups is 1. The lowest BCUT2D eigenvalue weighted by Gasteiger charge is -2.30. The summed E-state index contributed by atoms with van der Waals surface area (Å²) in [6.07, 6.45) is 2.15. The maximum atomic E-state index is 13.7. The lowest BCUT2D eigenvalue weighted by molar-refractivity contribution is -0.118. The first-order valence-corrected chi connectivity index (χ1v) is 12.4. The van der Waals surface area contributed by atoms with E-state index in [2.05, 4.69) is 10.2 Å². The van der Waals surface area contributed by atoms with Crippen molar-refractivity contribution in [1.29, 1.82) is 0 Å². The SMILES string of the molecule is Cc1ccc(C)c(S(=O)(=O)C2(C(=O)Nc3ccc(N4CCOCC4)cc3)CCCC2)c1. The van der Waals surface area contributed by atoms with Crippen LogP contribution >= 0.6 is 0 Å². The molecule has 2 aromatic carbocycles. The Bertz CT molecular complexity index is 1050. The molecule has 0 spiro atoms. The number of hydrogen-bond acceptors (Lipinski definition) is 5. The monoisotopic (exact) mass is 442 g/mol. The number of anilines is 2. The van der Waals surface area contributed by atoms with Gasteiger partial charge in [-0.25, -0.2) is 8.42 Å². The summed E-state index contributed by atoms with van der Waals surface area (Å²) in [7, 11) is -3.83. The van der Waals surface area contributed by atoms with Gasteiger partial charge < -0.3 is 15.0 Å². The maximum absolute atomic E-state index is 13.7. The van der Waals surface area contributed by atoms with Gasteiger partial charge >= 0.3 is 0 Å². The zero-order chi connectivity index (χ0) is 22.1. The first-order valence-electron chi connectivity index (χ1n) is 10.9. The molecule has 1 aliphatic carbocycles. The first-order chi connectivity index (χ1) is 14.8. The molecule has 7 heteroatoms. The van der Waals surface area contributed by atoms with Gasteiger partial charge in [-0.1, -0.05) is 25.0 Å². The molecule has 1 saturated heterocycles. The second-order valence-electron chi connectivity index (χ2n) is 8.57. The fraction of sp³-hybridized carbons (Fsp3) is 0.458. The van der Waals surface area contributed by atoms with E-state index in [1.807, 2.05) is 43.3 Å². The Morgan fingerprint density at radius 2 is 1.65 bits per heavy atom. The van der Waals surface area contributed by atoms with E-state index in [0.717, 1.165) is 37.2 Å². The number of hydrogen-bond donors (Lipinski definition) is 1. The standard InChI is InChI=1S/C24H30N2O4S/c1-18-5-6-19(2)22(17-18)31(28,29)24(11-3-4-12-24)23(27)25-20-7-9-21(10-8-20)26-13-15-30-16-14-26/h5-10,17H,3-4,11-16H2,1-2H3,(H,25,27). The fourth-order valence-electron chi connectivity index (χ4n) is 4.59. The van der Waals surface area contributed by atoms with Crippen LogP contribution in [-0.4, -0.2) is 45.4 Å². The number of carbonyl (C=O) groups excluding carboxylic acids is 1. The normalized spacial score (nSPS) is 18.7. The minimum atomic E-state index is -3.83. The predicted octanol–water partition coefficient (Wildman–Crippen LogP) is 3.87. The van der Waals surface area contributed by atoms with Gasteiger partial charge in [0, 0.05) is 24.5 Å². The number of nitrogens with zero attached hydrogens (tertiary/aromatic N) is 1. The molecule has 0 atom stereocenters. The first kappa shape index (κ1) is 21.8. The third-order valence-corrected chi connectivity index (χ3v) is 9.12. The molecule has 4 rings (SSSR count). The molecular weight excluding hydrogens is 412 g/mol. The smallest absolute Gasteiger partial charge is 0.246 e. The predicted molar refractivity (Wildman–Crippen MR) is 122 cm³/mol. The molecule has 2 aromatic rings. The van der Waals surface area contributed by atoms with Crippen molar-refractivity contribution < 1.29 is 17.9 Å². The van der Waals surface area contributed by atoms with E-state index in [1.54, 1.807) is 13.0 Å². The maximum Gasteiger partial charge on any atom is 0.246 e. The Morgan fingerprint density at radius 1 is 1.00 bits per heavy atom. The minimum Gasteiger partial charge on any atom is -0.378 e. The van der Waals surface area contributed by atoms with Crippen LogP contribution in [-0.2, 0) is 19.4 Å². The van der Waals surface area contributed by atoms with E-state index in [9.17, 15) is 13.2 Å². The van der Waals surface area contributed by atoms with Crippen molar-refractivity contribution in [2.75, 3.05) is 36.5 Å². The molecule has 6 nitrogen and oxygen atoms in total. The van der Waals surface area contributed by atoms with Crippen LogP contribution in [0, 0.1) is 13.8 Å². The van der Waals surface area contributed by atoms with Crippen LogP contribution < -0.4 is 10.2 Å². The zero-order valence-corrected chi connectivity index (χ0v) is 19.0. The van der Waals surface area contributed by atoms with Crippen molar-refractivity contribution in [2.45, 2.75) is 49.2 Å². The Labute approximate surface area is 184 Å². The molecule has 0 unspecified atom stereocenters. The van der Waals surface area contributed by atoms with Crippen molar-refractivity contribution >= 4 is 27.1 Å². The molecule has 166 valence electrons. The molecule has 0 aromatic heterocycles. The highest BCUT2D eigenvalue weighted by atomic mass is 32.2. The topological polar surface area (TPSA) is 75.7 Å². The van der Waals surface area contributed by atoms with Crippen molar-refractivity contribution in [3.05, 3.63) is 53.6 Å². The van der Waals surface area contributed by atoms with Gasteiger partial charge in [-0.15, -0.1) is 0 Å². The summed E-state index contributed by atoms with van der Waals surface area (Å²) in [6, 6.07) is 13.0. The summed E-state index contributed by atoms with van der Waals surface area (Å²) in [5.74, 6) is -0.426. The van der Waals surface area contributed by atoms with Crippen LogP contribution in [0.5, 0.6) is 0 Å². The third kappa shape index (κ3) is 4.08. The molecule has 1 amide bonds. The molecule has 1 saturated carbocycles. The summed E-state index contributed by atoms with van der Waals surface area (Å²) in [5.41, 5.74) is 3.24. The third-order valence-electron chi connectivity index (χ3n) is 6.47. The van der Waals surface area contributed by atoms with Crippen molar-refractivity contribution in [3.63, 3.8) is 0 Å². The largest absolute Gasteiger partial charge is 0.378 e. The number of amides is 1. The number of ether oxygens (including phenoxy) is 1. The van der Waals surface area contributed by atoms with Crippen LogP contribution in [0.3, 0.4) is 0 Å². The summed E-state index contributed by atoms with van der Waals surface area (Å²) >= 11 is 0. The quantitative estimate of drug-likeness (QED) is 0.761. The Morgan fingerprint density at radius 3 is 2.29 bits per heavy atom. The molecule has 1 heterocycles. The van der Waals surface area contributed by atoms with Crippen molar-refractivity contribution in [3.8, 4) is 0 Å². The lowest BCUT2D eigenvalue weighted by Crippen LogP contribution is -2.47. The van der Waals surface area contributed by atoms with E-state index in [4.69, 9.17) is 4.74 Å². The van der Waals surface area contributed by atoms with Gasteiger partial charge in [0.25, 0.3) is 0 Å². The number of benzene rings is 2. The molecule has 2 fully saturated rings. The van der Waals surface area contributed by atoms with Crippen LogP contribution in [0.25, 0.3) is 0 Å². The van der Waals surface area contributed by atoms with Gasteiger partial charge in [0.05, 0.1) is 18.1 Å². The van der Waals surface area contributed by atoms with E-state index < -0.39 is 20.5 Å². The number of aryl methyl sites for hydroxylation is 2. The minimum absolute atomic E-state index is 0.271. The van der Waals surface area contributed by atoms with Crippen LogP contribution in [0.2, 0.25) is 0 Å². The fourth-order valence-corrected chi connectivity index (χ4v) is 6.97. The number of carbonyl (C=O) groups is 1. The zero-order valence-electron chi connectivity index (χ0n) is 18.2. The average molecular weight is 443 g/mol. The highest BCUT2D eigenvalue weighted by molar-refractivity contribution is 7.93. The summed E-state index contributed by atoms with van der Waals surface area (Å²) in [5, 5.41) is 2.90. The van der Waals surface area contributed by atoms with Gasteiger partial charge in [-0.2, -0.15) is 0 Å². The number of rotatable bonds is 5. The molecule has 0 radical (unpaired) electrons. The molecule has 1 N–H and O–H groups in total. The molecular formula is C24H30N2O4S. The lowest BCUT2D eigenvalue weighted by atomic mass is 10.1. The van der Waals surface area contributed by atoms with Crippen LogP contribution in [0.4, 0.5) is 11.4 Å². The summed E-state index contributed by atoms with van der Waals surface area (Å²) < 4.78 is 31.5. The van der Waals surface area contributed by atoms with Crippen molar-refractivity contribution in [1.82, 2.24) is 0 Å². The van der Waals surface area contributed by atoms with Gasteiger partial charge in [-0.05, 0) is 68.1 Å². The van der Waals surface area contributed by atoms with Gasteiger partial charge in [0.1, 0.15) is 0 Å². The number of morpholine rings is 1. The van der Waals surface area contributed by atoms with Gasteiger partial charge in [0.15, 0.2) is 14.6 Å². The molecule has 1 aliphatic heterocycles. The Balaban J connectivity index is 1.59. The number of nitrogens with one attached hydrogen (secondary N) is 1. The Hall–Kier alpha value is -2.38. The van der Waals surface area contributed by atoms with Gasteiger partial charge in [0.2, 0.25) is 5.91 Å². The highest BCUT2D eigenvalue weighted by Crippen LogP contribution is 2.42. The molecule has 31 heavy (non-hydrogen) atoms. The molecule has 0 bridgehead atoms. The van der Waals surface area contributed by atoms with E-state index >= 15 is 0 Å². The van der Waals surface area contributed by atoms with E-state index in [1.165, 1.54) is 0 Å². The summed E-state index contributed by atoms with van der Waals surface area (Å²) in [6.45, 7) is 6.74. The van der Waals surface area contributed by atoms with Crippen LogP contribution in [0.15, 0.2) is 47.4 Å². The summed E-state index contributed by atoms with van der Waals surface area (Å²) in [4.78, 5) is 15.9.